The Hall–Kier alpha value is -1.62. The van der Waals surface area contributed by atoms with Gasteiger partial charge in [0.15, 0.2) is 0 Å². The number of hydrogen-bond acceptors (Lipinski definition) is 4. The third kappa shape index (κ3) is 3.70. The number of carbonyl (C=O) groups excluding carboxylic acids is 1. The zero-order chi connectivity index (χ0) is 14.5. The zero-order valence-electron chi connectivity index (χ0n) is 12.6. The number of likely N-dealkylation sites (tertiary alicyclic amines) is 1. The Balaban J connectivity index is 2.02. The summed E-state index contributed by atoms with van der Waals surface area (Å²) < 4.78 is 0. The van der Waals surface area contributed by atoms with Crippen LogP contribution in [0.15, 0.2) is 18.3 Å². The third-order valence-electron chi connectivity index (χ3n) is 3.71. The highest BCUT2D eigenvalue weighted by Crippen LogP contribution is 2.16. The van der Waals surface area contributed by atoms with E-state index < -0.39 is 0 Å². The van der Waals surface area contributed by atoms with E-state index in [0.717, 1.165) is 18.8 Å². The molecule has 1 aromatic rings. The molecule has 110 valence electrons. The first-order valence-corrected chi connectivity index (χ1v) is 7.26. The van der Waals surface area contributed by atoms with Crippen LogP contribution in [0.3, 0.4) is 0 Å². The van der Waals surface area contributed by atoms with Crippen LogP contribution in [-0.4, -0.2) is 60.5 Å². The van der Waals surface area contributed by atoms with Crippen LogP contribution in [0.4, 0.5) is 5.69 Å². The normalized spacial score (nSPS) is 19.6. The van der Waals surface area contributed by atoms with Crippen molar-refractivity contribution in [3.05, 3.63) is 24.0 Å². The fraction of sp³-hybridized carbons (Fsp3) is 0.600. The van der Waals surface area contributed by atoms with Crippen molar-refractivity contribution >= 4 is 11.6 Å². The van der Waals surface area contributed by atoms with Crippen LogP contribution >= 0.6 is 0 Å². The van der Waals surface area contributed by atoms with Gasteiger partial charge in [-0.15, -0.1) is 0 Å². The molecule has 1 aliphatic rings. The highest BCUT2D eigenvalue weighted by Gasteiger charge is 2.19. The number of piperidine rings is 1. The maximum Gasteiger partial charge on any atom is 0.272 e. The van der Waals surface area contributed by atoms with Crippen molar-refractivity contribution in [2.24, 2.45) is 0 Å². The second kappa shape index (κ2) is 6.70. The third-order valence-corrected chi connectivity index (χ3v) is 3.71. The standard InChI is InChI=1S/C15H24N4O/c1-4-19-9-5-6-13(11-19)17-12-7-8-16-14(10-12)15(20)18(2)3/h7-8,10,13H,4-6,9,11H2,1-3H3,(H,16,17). The average molecular weight is 276 g/mol. The van der Waals surface area contributed by atoms with E-state index in [4.69, 9.17) is 0 Å². The van der Waals surface area contributed by atoms with E-state index in [1.54, 1.807) is 25.2 Å². The number of anilines is 1. The average Bonchev–Trinajstić information content (AvgIpc) is 2.47. The Morgan fingerprint density at radius 2 is 2.35 bits per heavy atom. The van der Waals surface area contributed by atoms with Crippen LogP contribution in [0.2, 0.25) is 0 Å². The molecule has 0 spiro atoms. The molecule has 1 fully saturated rings. The highest BCUT2D eigenvalue weighted by molar-refractivity contribution is 5.92. The smallest absolute Gasteiger partial charge is 0.272 e. The summed E-state index contributed by atoms with van der Waals surface area (Å²) in [5, 5.41) is 3.53. The Labute approximate surface area is 121 Å². The minimum absolute atomic E-state index is 0.0625. The van der Waals surface area contributed by atoms with Gasteiger partial charge in [0.2, 0.25) is 0 Å². The number of nitrogens with one attached hydrogen (secondary N) is 1. The Kier molecular flexibility index (Phi) is 4.95. The van der Waals surface area contributed by atoms with E-state index in [9.17, 15) is 4.79 Å². The van der Waals surface area contributed by atoms with Gasteiger partial charge in [-0.05, 0) is 38.1 Å². The number of amides is 1. The lowest BCUT2D eigenvalue weighted by Gasteiger charge is -2.32. The summed E-state index contributed by atoms with van der Waals surface area (Å²) in [7, 11) is 3.48. The van der Waals surface area contributed by atoms with Gasteiger partial charge in [0, 0.05) is 38.6 Å². The van der Waals surface area contributed by atoms with E-state index in [-0.39, 0.29) is 5.91 Å². The van der Waals surface area contributed by atoms with Crippen molar-refractivity contribution in [3.8, 4) is 0 Å². The minimum Gasteiger partial charge on any atom is -0.381 e. The molecule has 1 saturated heterocycles. The van der Waals surface area contributed by atoms with Crippen LogP contribution in [0, 0.1) is 0 Å². The van der Waals surface area contributed by atoms with Crippen LogP contribution in [0.25, 0.3) is 0 Å². The maximum absolute atomic E-state index is 11.9. The van der Waals surface area contributed by atoms with Crippen LogP contribution < -0.4 is 5.32 Å². The van der Waals surface area contributed by atoms with Crippen molar-refractivity contribution in [2.75, 3.05) is 39.0 Å². The molecule has 1 unspecified atom stereocenters. The topological polar surface area (TPSA) is 48.5 Å². The van der Waals surface area contributed by atoms with E-state index in [0.29, 0.717) is 11.7 Å². The Bertz CT molecular complexity index is 461. The first kappa shape index (κ1) is 14.8. The summed E-state index contributed by atoms with van der Waals surface area (Å²) in [4.78, 5) is 20.1. The quantitative estimate of drug-likeness (QED) is 0.909. The van der Waals surface area contributed by atoms with Gasteiger partial charge in [0.1, 0.15) is 5.69 Å². The molecule has 1 atom stereocenters. The van der Waals surface area contributed by atoms with E-state index in [2.05, 4.69) is 22.1 Å². The van der Waals surface area contributed by atoms with Crippen LogP contribution in [0.1, 0.15) is 30.3 Å². The molecule has 2 heterocycles. The second-order valence-electron chi connectivity index (χ2n) is 5.51. The molecule has 1 amide bonds. The van der Waals surface area contributed by atoms with E-state index >= 15 is 0 Å². The Morgan fingerprint density at radius 3 is 3.05 bits per heavy atom. The van der Waals surface area contributed by atoms with Gasteiger partial charge in [0.05, 0.1) is 0 Å². The van der Waals surface area contributed by atoms with Gasteiger partial charge < -0.3 is 15.1 Å². The molecule has 20 heavy (non-hydrogen) atoms. The molecular formula is C15H24N4O. The molecule has 0 bridgehead atoms. The first-order chi connectivity index (χ1) is 9.60. The number of pyridine rings is 1. The highest BCUT2D eigenvalue weighted by atomic mass is 16.2. The number of hydrogen-bond donors (Lipinski definition) is 1. The number of aromatic nitrogens is 1. The van der Waals surface area contributed by atoms with E-state index in [1.165, 1.54) is 19.4 Å². The van der Waals surface area contributed by atoms with Gasteiger partial charge in [-0.2, -0.15) is 0 Å². The molecular weight excluding hydrogens is 252 g/mol. The van der Waals surface area contributed by atoms with Crippen molar-refractivity contribution in [2.45, 2.75) is 25.8 Å². The van der Waals surface area contributed by atoms with Gasteiger partial charge in [0.25, 0.3) is 5.91 Å². The molecule has 5 heteroatoms. The molecule has 1 aromatic heterocycles. The fourth-order valence-electron chi connectivity index (χ4n) is 2.56. The number of nitrogens with zero attached hydrogens (tertiary/aromatic N) is 3. The van der Waals surface area contributed by atoms with Crippen LogP contribution in [0.5, 0.6) is 0 Å². The summed E-state index contributed by atoms with van der Waals surface area (Å²) in [5.41, 5.74) is 1.47. The SMILES string of the molecule is CCN1CCCC(Nc2ccnc(C(=O)N(C)C)c2)C1. The van der Waals surface area contributed by atoms with Gasteiger partial charge in [-0.1, -0.05) is 6.92 Å². The fourth-order valence-corrected chi connectivity index (χ4v) is 2.56. The van der Waals surface area contributed by atoms with Crippen molar-refractivity contribution in [3.63, 3.8) is 0 Å². The molecule has 0 aliphatic carbocycles. The van der Waals surface area contributed by atoms with Crippen LogP contribution in [-0.2, 0) is 0 Å². The predicted octanol–water partition coefficient (Wildman–Crippen LogP) is 1.68. The number of carbonyl (C=O) groups is 1. The summed E-state index contributed by atoms with van der Waals surface area (Å²) in [6.07, 6.45) is 4.09. The van der Waals surface area contributed by atoms with Gasteiger partial charge in [-0.3, -0.25) is 9.78 Å². The monoisotopic (exact) mass is 276 g/mol. The van der Waals surface area contributed by atoms with Crippen molar-refractivity contribution in [1.82, 2.24) is 14.8 Å². The Morgan fingerprint density at radius 1 is 1.55 bits per heavy atom. The summed E-state index contributed by atoms with van der Waals surface area (Å²) >= 11 is 0. The van der Waals surface area contributed by atoms with Gasteiger partial charge >= 0.3 is 0 Å². The molecule has 5 nitrogen and oxygen atoms in total. The molecule has 2 rings (SSSR count). The molecule has 0 radical (unpaired) electrons. The molecule has 0 aromatic carbocycles. The summed E-state index contributed by atoms with van der Waals surface area (Å²) in [6, 6.07) is 4.22. The predicted molar refractivity (Wildman–Crippen MR) is 81.0 cm³/mol. The van der Waals surface area contributed by atoms with Crippen molar-refractivity contribution in [1.29, 1.82) is 0 Å². The maximum atomic E-state index is 11.9. The van der Waals surface area contributed by atoms with E-state index in [1.807, 2.05) is 12.1 Å². The lowest BCUT2D eigenvalue weighted by Crippen LogP contribution is -2.41. The first-order valence-electron chi connectivity index (χ1n) is 7.26. The van der Waals surface area contributed by atoms with Crippen molar-refractivity contribution < 1.29 is 4.79 Å². The largest absolute Gasteiger partial charge is 0.381 e. The van der Waals surface area contributed by atoms with Gasteiger partial charge in [-0.25, -0.2) is 0 Å². The number of rotatable bonds is 4. The zero-order valence-corrected chi connectivity index (χ0v) is 12.6. The molecule has 1 N–H and O–H groups in total. The minimum atomic E-state index is -0.0625. The lowest BCUT2D eigenvalue weighted by molar-refractivity contribution is 0.0822. The molecule has 0 saturated carbocycles. The number of likely N-dealkylation sites (N-methyl/N-ethyl adjacent to an activating group) is 1. The second-order valence-corrected chi connectivity index (χ2v) is 5.51. The summed E-state index contributed by atoms with van der Waals surface area (Å²) in [6.45, 7) is 5.55. The summed E-state index contributed by atoms with van der Waals surface area (Å²) in [5.74, 6) is -0.0625. The molecule has 1 aliphatic heterocycles. The lowest BCUT2D eigenvalue weighted by atomic mass is 10.1.